The van der Waals surface area contributed by atoms with Gasteiger partial charge >= 0.3 is 0 Å². The molecule has 0 radical (unpaired) electrons. The summed E-state index contributed by atoms with van der Waals surface area (Å²) in [7, 11) is -3.62. The average Bonchev–Trinajstić information content (AvgIpc) is 3.26. The van der Waals surface area contributed by atoms with Crippen molar-refractivity contribution in [2.24, 2.45) is 0 Å². The highest BCUT2D eigenvalue weighted by atomic mass is 32.2. The fourth-order valence-corrected chi connectivity index (χ4v) is 4.70. The monoisotopic (exact) mass is 462 g/mol. The molecule has 0 saturated heterocycles. The molecular weight excluding hydrogens is 443 g/mol. The van der Waals surface area contributed by atoms with Gasteiger partial charge in [-0.15, -0.1) is 10.2 Å². The molecule has 0 aliphatic heterocycles. The molecule has 0 aliphatic carbocycles. The molecule has 1 atom stereocenters. The highest BCUT2D eigenvalue weighted by molar-refractivity contribution is 7.89. The molecule has 2 aromatic carbocycles. The van der Waals surface area contributed by atoms with Crippen LogP contribution in [0, 0.1) is 0 Å². The van der Waals surface area contributed by atoms with E-state index in [-0.39, 0.29) is 17.3 Å². The molecule has 0 saturated carbocycles. The summed E-state index contributed by atoms with van der Waals surface area (Å²) in [6, 6.07) is 18.6. The molecule has 10 heteroatoms. The summed E-state index contributed by atoms with van der Waals surface area (Å²) >= 11 is 0. The number of hydrogen-bond acceptors (Lipinski definition) is 6. The van der Waals surface area contributed by atoms with E-state index in [1.54, 1.807) is 61.7 Å². The van der Waals surface area contributed by atoms with E-state index in [9.17, 15) is 8.42 Å². The zero-order chi connectivity index (χ0) is 23.0. The Morgan fingerprint density at radius 1 is 1.03 bits per heavy atom. The maximum Gasteiger partial charge on any atom is 0.240 e. The van der Waals surface area contributed by atoms with Crippen LogP contribution in [0.25, 0.3) is 27.8 Å². The minimum atomic E-state index is -3.62. The molecule has 0 bridgehead atoms. The largest absolute Gasteiger partial charge is 0.256 e. The summed E-state index contributed by atoms with van der Waals surface area (Å²) in [6.45, 7) is 1.99. The van der Waals surface area contributed by atoms with Gasteiger partial charge in [0.05, 0.1) is 16.1 Å². The Morgan fingerprint density at radius 3 is 2.76 bits per heavy atom. The van der Waals surface area contributed by atoms with Gasteiger partial charge in [0.2, 0.25) is 10.0 Å². The smallest absolute Gasteiger partial charge is 0.240 e. The summed E-state index contributed by atoms with van der Waals surface area (Å²) in [6.07, 6.45) is 0.123. The van der Waals surface area contributed by atoms with E-state index in [4.69, 9.17) is 0 Å². The lowest BCUT2D eigenvalue weighted by Crippen LogP contribution is -2.23. The van der Waals surface area contributed by atoms with Gasteiger partial charge in [-0.05, 0) is 48.0 Å². The van der Waals surface area contributed by atoms with Crippen molar-refractivity contribution in [3.63, 3.8) is 0 Å². The Labute approximate surface area is 189 Å². The third kappa shape index (κ3) is 3.94. The van der Waals surface area contributed by atoms with Crippen molar-refractivity contribution < 1.29 is 12.8 Å². The van der Waals surface area contributed by atoms with Gasteiger partial charge in [0.25, 0.3) is 0 Å². The van der Waals surface area contributed by atoms with Crippen LogP contribution in [0.15, 0.2) is 77.8 Å². The third-order valence-corrected chi connectivity index (χ3v) is 6.75. The van der Waals surface area contributed by atoms with Gasteiger partial charge in [0, 0.05) is 23.7 Å². The first-order valence-corrected chi connectivity index (χ1v) is 11.8. The maximum atomic E-state index is 15.5. The zero-order valence-corrected chi connectivity index (χ0v) is 18.4. The number of alkyl halides is 1. The molecule has 0 spiro atoms. The van der Waals surface area contributed by atoms with Crippen LogP contribution >= 0.6 is 0 Å². The maximum absolute atomic E-state index is 15.5. The van der Waals surface area contributed by atoms with E-state index in [2.05, 4.69) is 25.0 Å². The van der Waals surface area contributed by atoms with E-state index < -0.39 is 16.2 Å². The van der Waals surface area contributed by atoms with Gasteiger partial charge in [-0.2, -0.15) is 9.61 Å². The van der Waals surface area contributed by atoms with Crippen LogP contribution in [0.1, 0.15) is 24.5 Å². The predicted molar refractivity (Wildman–Crippen MR) is 122 cm³/mol. The lowest BCUT2D eigenvalue weighted by Gasteiger charge is -2.09. The van der Waals surface area contributed by atoms with Gasteiger partial charge in [-0.3, -0.25) is 4.98 Å². The van der Waals surface area contributed by atoms with Gasteiger partial charge in [0.1, 0.15) is 0 Å². The summed E-state index contributed by atoms with van der Waals surface area (Å²) in [5.74, 6) is 0.0338. The molecule has 0 fully saturated rings. The molecule has 1 unspecified atom stereocenters. The molecule has 33 heavy (non-hydrogen) atoms. The SMILES string of the molecule is CCNS(=O)(=O)c1cccc(-c2ccc3nnc(C(F)c4ccc5ncccc5c4)n3n2)c1. The van der Waals surface area contributed by atoms with Crippen molar-refractivity contribution in [3.8, 4) is 11.3 Å². The lowest BCUT2D eigenvalue weighted by molar-refractivity contribution is 0.377. The predicted octanol–water partition coefficient (Wildman–Crippen LogP) is 3.70. The van der Waals surface area contributed by atoms with Crippen LogP contribution < -0.4 is 4.72 Å². The van der Waals surface area contributed by atoms with Crippen LogP contribution in [0.5, 0.6) is 0 Å². The van der Waals surface area contributed by atoms with Crippen LogP contribution in [-0.4, -0.2) is 39.8 Å². The quantitative estimate of drug-likeness (QED) is 0.413. The number of nitrogens with zero attached hydrogens (tertiary/aromatic N) is 5. The van der Waals surface area contributed by atoms with Crippen molar-refractivity contribution in [1.29, 1.82) is 0 Å². The summed E-state index contributed by atoms with van der Waals surface area (Å²) < 4.78 is 44.1. The van der Waals surface area contributed by atoms with Crippen molar-refractivity contribution in [2.75, 3.05) is 6.54 Å². The number of aromatic nitrogens is 5. The number of pyridine rings is 1. The molecule has 3 aromatic heterocycles. The standard InChI is InChI=1S/C23H19FN6O2S/c1-2-26-33(31,32)18-7-3-5-16(14-18)20-10-11-21-27-28-23(30(21)29-20)22(24)17-8-9-19-15(13-17)6-4-12-25-19/h3-14,22,26H,2H2,1H3. The van der Waals surface area contributed by atoms with Crippen LogP contribution in [-0.2, 0) is 10.0 Å². The van der Waals surface area contributed by atoms with Crippen LogP contribution in [0.4, 0.5) is 4.39 Å². The molecule has 0 aliphatic rings. The second-order valence-electron chi connectivity index (χ2n) is 7.39. The number of halogens is 1. The van der Waals surface area contributed by atoms with Crippen molar-refractivity contribution in [2.45, 2.75) is 18.0 Å². The average molecular weight is 463 g/mol. The van der Waals surface area contributed by atoms with Gasteiger partial charge in [-0.25, -0.2) is 17.5 Å². The number of sulfonamides is 1. The molecule has 8 nitrogen and oxygen atoms in total. The second kappa shape index (κ2) is 8.30. The van der Waals surface area contributed by atoms with Crippen molar-refractivity contribution >= 4 is 26.6 Å². The second-order valence-corrected chi connectivity index (χ2v) is 9.16. The topological polar surface area (TPSA) is 102 Å². The van der Waals surface area contributed by atoms with Gasteiger partial charge < -0.3 is 0 Å². The van der Waals surface area contributed by atoms with Gasteiger partial charge in [-0.1, -0.05) is 31.2 Å². The molecule has 0 amide bonds. The minimum Gasteiger partial charge on any atom is -0.256 e. The number of nitrogens with one attached hydrogen (secondary N) is 1. The number of benzene rings is 2. The molecule has 5 aromatic rings. The fourth-order valence-electron chi connectivity index (χ4n) is 3.61. The minimum absolute atomic E-state index is 0.0338. The summed E-state index contributed by atoms with van der Waals surface area (Å²) in [5.41, 5.74) is 2.60. The fraction of sp³-hybridized carbons (Fsp3) is 0.130. The van der Waals surface area contributed by atoms with E-state index in [1.165, 1.54) is 16.6 Å². The number of fused-ring (bicyclic) bond motifs is 2. The molecular formula is C23H19FN6O2S. The van der Waals surface area contributed by atoms with Crippen molar-refractivity contribution in [1.82, 2.24) is 29.5 Å². The summed E-state index contributed by atoms with van der Waals surface area (Å²) in [5, 5.41) is 13.4. The number of rotatable bonds is 6. The Balaban J connectivity index is 1.55. The Hall–Kier alpha value is -3.76. The first kappa shape index (κ1) is 21.1. The van der Waals surface area contributed by atoms with Crippen LogP contribution in [0.2, 0.25) is 0 Å². The van der Waals surface area contributed by atoms with E-state index >= 15 is 4.39 Å². The molecule has 5 rings (SSSR count). The first-order chi connectivity index (χ1) is 16.0. The lowest BCUT2D eigenvalue weighted by atomic mass is 10.1. The van der Waals surface area contributed by atoms with E-state index in [0.717, 1.165) is 10.9 Å². The first-order valence-electron chi connectivity index (χ1n) is 10.3. The highest BCUT2D eigenvalue weighted by Gasteiger charge is 2.21. The zero-order valence-electron chi connectivity index (χ0n) is 17.6. The van der Waals surface area contributed by atoms with E-state index in [1.807, 2.05) is 6.07 Å². The Kier molecular flexibility index (Phi) is 5.31. The highest BCUT2D eigenvalue weighted by Crippen LogP contribution is 2.28. The summed E-state index contributed by atoms with van der Waals surface area (Å²) in [4.78, 5) is 4.39. The third-order valence-electron chi connectivity index (χ3n) is 5.21. The van der Waals surface area contributed by atoms with E-state index in [0.29, 0.717) is 22.5 Å². The Morgan fingerprint density at radius 2 is 1.91 bits per heavy atom. The Bertz CT molecular complexity index is 1580. The molecule has 3 heterocycles. The molecule has 1 N–H and O–H groups in total. The molecule has 166 valence electrons. The van der Waals surface area contributed by atoms with Crippen molar-refractivity contribution in [3.05, 3.63) is 84.3 Å². The van der Waals surface area contributed by atoms with Crippen LogP contribution in [0.3, 0.4) is 0 Å². The number of hydrogen-bond donors (Lipinski definition) is 1. The van der Waals surface area contributed by atoms with Gasteiger partial charge in [0.15, 0.2) is 17.6 Å². The normalized spacial score (nSPS) is 12.9.